The highest BCUT2D eigenvalue weighted by molar-refractivity contribution is 7.15. The number of hydrogen-bond acceptors (Lipinski definition) is 10. The van der Waals surface area contributed by atoms with Crippen LogP contribution in [0.25, 0.3) is 10.9 Å². The van der Waals surface area contributed by atoms with Gasteiger partial charge in [-0.25, -0.2) is 19.3 Å². The van der Waals surface area contributed by atoms with E-state index in [0.717, 1.165) is 44.3 Å². The van der Waals surface area contributed by atoms with E-state index in [1.807, 2.05) is 12.1 Å². The summed E-state index contributed by atoms with van der Waals surface area (Å²) in [5.74, 6) is 1.35. The molecule has 0 unspecified atom stereocenters. The lowest BCUT2D eigenvalue weighted by atomic mass is 9.98. The van der Waals surface area contributed by atoms with E-state index < -0.39 is 5.82 Å². The molecule has 1 aliphatic rings. The van der Waals surface area contributed by atoms with Crippen LogP contribution in [-0.2, 0) is 11.2 Å². The minimum Gasteiger partial charge on any atom is -0.493 e. The van der Waals surface area contributed by atoms with Crippen LogP contribution in [0.4, 0.5) is 21.0 Å². The average Bonchev–Trinajstić information content (AvgIpc) is 3.42. The van der Waals surface area contributed by atoms with Crippen molar-refractivity contribution in [1.29, 1.82) is 0 Å². The zero-order valence-electron chi connectivity index (χ0n) is 22.8. The first-order valence-corrected chi connectivity index (χ1v) is 14.4. The number of methoxy groups -OCH3 is 1. The van der Waals surface area contributed by atoms with Crippen LogP contribution in [-0.4, -0.2) is 70.8 Å². The maximum Gasteiger partial charge on any atom is 0.229 e. The molecule has 2 aromatic heterocycles. The first-order valence-electron chi connectivity index (χ1n) is 13.6. The highest BCUT2D eigenvalue weighted by atomic mass is 32.1. The number of fused-ring (bicyclic) bond motifs is 1. The Morgan fingerprint density at radius 2 is 2.00 bits per heavy atom. The van der Waals surface area contributed by atoms with Gasteiger partial charge in [-0.3, -0.25) is 4.79 Å². The van der Waals surface area contributed by atoms with Crippen LogP contribution in [0.3, 0.4) is 0 Å². The number of carbonyl (C=O) groups is 1. The van der Waals surface area contributed by atoms with E-state index in [-0.39, 0.29) is 24.6 Å². The molecule has 2 aromatic carbocycles. The minimum absolute atomic E-state index is 0.0632. The van der Waals surface area contributed by atoms with Gasteiger partial charge in [-0.15, -0.1) is 11.3 Å². The Kier molecular flexibility index (Phi) is 9.55. The number of nitrogens with one attached hydrogen (secondary N) is 2. The minimum atomic E-state index is -0.484. The van der Waals surface area contributed by atoms with Crippen LogP contribution in [0.5, 0.6) is 11.5 Å². The molecule has 0 spiro atoms. The standard InChI is InChI=1S/C29H33FN6O4S/c1-39-25-14-21-24(15-26(25)40-12-4-9-36-10-7-19(17-37)8-11-36)32-18-33-28(21)35-29-31-16-20(41-29)13-27(38)34-23-6-3-2-5-22(23)30/h2-3,5-6,14-16,18-19,37H,4,7-13,17H2,1H3,(H,34,38)(H,31,32,33,35). The number of rotatable bonds is 12. The Morgan fingerprint density at radius 1 is 1.17 bits per heavy atom. The van der Waals surface area contributed by atoms with Crippen LogP contribution in [0, 0.1) is 11.7 Å². The third-order valence-electron chi connectivity index (χ3n) is 7.02. The number of aliphatic hydroxyl groups is 1. The van der Waals surface area contributed by atoms with E-state index in [1.54, 1.807) is 25.4 Å². The van der Waals surface area contributed by atoms with E-state index >= 15 is 0 Å². The van der Waals surface area contributed by atoms with Crippen molar-refractivity contribution >= 4 is 44.8 Å². The van der Waals surface area contributed by atoms with Gasteiger partial charge < -0.3 is 30.1 Å². The summed E-state index contributed by atoms with van der Waals surface area (Å²) in [4.78, 5) is 28.7. The monoisotopic (exact) mass is 580 g/mol. The van der Waals surface area contributed by atoms with Gasteiger partial charge >= 0.3 is 0 Å². The number of aromatic nitrogens is 3. The molecule has 0 aliphatic carbocycles. The third kappa shape index (κ3) is 7.46. The van der Waals surface area contributed by atoms with Gasteiger partial charge in [0.05, 0.1) is 31.3 Å². The molecule has 3 N–H and O–H groups in total. The van der Waals surface area contributed by atoms with E-state index in [9.17, 15) is 14.3 Å². The van der Waals surface area contributed by atoms with E-state index in [2.05, 4.69) is 30.5 Å². The first-order chi connectivity index (χ1) is 20.0. The van der Waals surface area contributed by atoms with Gasteiger partial charge in [-0.05, 0) is 56.5 Å². The Bertz CT molecular complexity index is 1480. The summed E-state index contributed by atoms with van der Waals surface area (Å²) in [7, 11) is 1.59. The van der Waals surface area contributed by atoms with Crippen molar-refractivity contribution in [3.63, 3.8) is 0 Å². The fourth-order valence-corrected chi connectivity index (χ4v) is 5.57. The zero-order chi connectivity index (χ0) is 28.6. The van der Waals surface area contributed by atoms with Gasteiger partial charge in [0.15, 0.2) is 16.6 Å². The number of para-hydroxylation sites is 1. The maximum atomic E-state index is 13.8. The number of benzene rings is 2. The highest BCUT2D eigenvalue weighted by Gasteiger charge is 2.18. The molecule has 10 nitrogen and oxygen atoms in total. The van der Waals surface area contributed by atoms with Crippen LogP contribution in [0.2, 0.25) is 0 Å². The van der Waals surface area contributed by atoms with Crippen molar-refractivity contribution in [2.45, 2.75) is 25.7 Å². The van der Waals surface area contributed by atoms with Crippen LogP contribution in [0.15, 0.2) is 48.9 Å². The van der Waals surface area contributed by atoms with Crippen molar-refractivity contribution in [2.24, 2.45) is 5.92 Å². The Labute approximate surface area is 241 Å². The summed E-state index contributed by atoms with van der Waals surface area (Å²) in [5.41, 5.74) is 0.828. The predicted octanol–water partition coefficient (Wildman–Crippen LogP) is 4.63. The molecule has 1 amide bonds. The largest absolute Gasteiger partial charge is 0.493 e. The number of aliphatic hydroxyl groups excluding tert-OH is 1. The molecular weight excluding hydrogens is 547 g/mol. The lowest BCUT2D eigenvalue weighted by Gasteiger charge is -2.30. The number of amides is 1. The second-order valence-corrected chi connectivity index (χ2v) is 11.0. The summed E-state index contributed by atoms with van der Waals surface area (Å²) in [6, 6.07) is 9.72. The normalized spacial score (nSPS) is 14.2. The van der Waals surface area contributed by atoms with Crippen molar-refractivity contribution < 1.29 is 23.8 Å². The molecule has 0 atom stereocenters. The number of hydrogen-bond donors (Lipinski definition) is 3. The third-order valence-corrected chi connectivity index (χ3v) is 7.94. The van der Waals surface area contributed by atoms with Gasteiger partial charge in [0.25, 0.3) is 0 Å². The summed E-state index contributed by atoms with van der Waals surface area (Å²) < 4.78 is 25.5. The smallest absolute Gasteiger partial charge is 0.229 e. The van der Waals surface area contributed by atoms with Gasteiger partial charge in [0, 0.05) is 35.7 Å². The molecule has 216 valence electrons. The Morgan fingerprint density at radius 3 is 2.78 bits per heavy atom. The summed E-state index contributed by atoms with van der Waals surface area (Å²) in [6.07, 6.45) is 6.10. The van der Waals surface area contributed by atoms with Gasteiger partial charge in [-0.2, -0.15) is 0 Å². The second kappa shape index (κ2) is 13.7. The molecule has 1 fully saturated rings. The summed E-state index contributed by atoms with van der Waals surface area (Å²) in [5, 5.41) is 16.4. The SMILES string of the molecule is COc1cc2c(Nc3ncc(CC(=O)Nc4ccccc4F)s3)ncnc2cc1OCCCN1CCC(CO)CC1. The Balaban J connectivity index is 1.19. The molecule has 12 heteroatoms. The quantitative estimate of drug-likeness (QED) is 0.206. The van der Waals surface area contributed by atoms with Crippen molar-refractivity contribution in [3.05, 3.63) is 59.6 Å². The van der Waals surface area contributed by atoms with Crippen LogP contribution >= 0.6 is 11.3 Å². The molecule has 0 bridgehead atoms. The first kappa shape index (κ1) is 28.7. The number of piperidine rings is 1. The number of likely N-dealkylation sites (tertiary alicyclic amines) is 1. The topological polar surface area (TPSA) is 122 Å². The average molecular weight is 581 g/mol. The molecule has 1 saturated heterocycles. The fourth-order valence-electron chi connectivity index (χ4n) is 4.76. The number of ether oxygens (including phenoxy) is 2. The lowest BCUT2D eigenvalue weighted by Crippen LogP contribution is -2.35. The van der Waals surface area contributed by atoms with Gasteiger partial charge in [-0.1, -0.05) is 12.1 Å². The molecule has 41 heavy (non-hydrogen) atoms. The zero-order valence-corrected chi connectivity index (χ0v) is 23.6. The maximum absolute atomic E-state index is 13.8. The summed E-state index contributed by atoms with van der Waals surface area (Å²) >= 11 is 1.31. The molecule has 4 aromatic rings. The predicted molar refractivity (Wildman–Crippen MR) is 157 cm³/mol. The molecule has 5 rings (SSSR count). The fraction of sp³-hybridized carbons (Fsp3) is 0.379. The van der Waals surface area contributed by atoms with Gasteiger partial charge in [0.1, 0.15) is 18.0 Å². The van der Waals surface area contributed by atoms with Crippen LogP contribution in [0.1, 0.15) is 24.1 Å². The number of halogens is 1. The number of thiazole rings is 1. The van der Waals surface area contributed by atoms with Crippen molar-refractivity contribution in [3.8, 4) is 11.5 Å². The molecule has 3 heterocycles. The van der Waals surface area contributed by atoms with E-state index in [1.165, 1.54) is 29.8 Å². The van der Waals surface area contributed by atoms with Crippen molar-refractivity contribution in [2.75, 3.05) is 50.6 Å². The van der Waals surface area contributed by atoms with Crippen LogP contribution < -0.4 is 20.1 Å². The molecule has 0 radical (unpaired) electrons. The van der Waals surface area contributed by atoms with E-state index in [0.29, 0.717) is 45.4 Å². The molecule has 1 aliphatic heterocycles. The highest BCUT2D eigenvalue weighted by Crippen LogP contribution is 2.35. The number of anilines is 3. The lowest BCUT2D eigenvalue weighted by molar-refractivity contribution is -0.115. The number of carbonyl (C=O) groups excluding carboxylic acids is 1. The van der Waals surface area contributed by atoms with Gasteiger partial charge in [0.2, 0.25) is 5.91 Å². The second-order valence-electron chi connectivity index (χ2n) is 9.87. The number of nitrogens with zero attached hydrogens (tertiary/aromatic N) is 4. The van der Waals surface area contributed by atoms with E-state index in [4.69, 9.17) is 9.47 Å². The molecular formula is C29H33FN6O4S. The van der Waals surface area contributed by atoms with Crippen molar-refractivity contribution in [1.82, 2.24) is 19.9 Å². The summed E-state index contributed by atoms with van der Waals surface area (Å²) in [6.45, 7) is 3.80. The Hall–Kier alpha value is -3.87. The molecule has 0 saturated carbocycles.